The number of nitrogens with one attached hydrogen (secondary N) is 1. The van der Waals surface area contributed by atoms with Crippen molar-refractivity contribution >= 4 is 28.2 Å². The Morgan fingerprint density at radius 1 is 1.33 bits per heavy atom. The van der Waals surface area contributed by atoms with Gasteiger partial charge in [-0.1, -0.05) is 11.6 Å². The Balaban J connectivity index is 1.95. The number of thiazole rings is 1. The van der Waals surface area contributed by atoms with Gasteiger partial charge in [0.15, 0.2) is 10.9 Å². The van der Waals surface area contributed by atoms with E-state index >= 15 is 0 Å². The lowest BCUT2D eigenvalue weighted by atomic mass is 10.0. The standard InChI is InChI=1S/C15H16N2O3S/c1-10-3-5-13(20-2)11(9-10)12(18)4-6-14(19)17-15-16-7-8-21-15/h3,5,7-9H,4,6H2,1-2H3,(H,16,17,19). The number of nitrogens with zero attached hydrogens (tertiary/aromatic N) is 1. The van der Waals surface area contributed by atoms with E-state index in [1.165, 1.54) is 18.4 Å². The first-order valence-corrected chi connectivity index (χ1v) is 7.35. The second kappa shape index (κ2) is 6.99. The van der Waals surface area contributed by atoms with Crippen LogP contribution in [0.3, 0.4) is 0 Å². The van der Waals surface area contributed by atoms with Crippen molar-refractivity contribution in [3.8, 4) is 5.75 Å². The maximum atomic E-state index is 12.2. The molecule has 6 heteroatoms. The molecule has 1 aromatic carbocycles. The second-order valence-electron chi connectivity index (χ2n) is 4.51. The van der Waals surface area contributed by atoms with Crippen LogP contribution in [0.25, 0.3) is 0 Å². The second-order valence-corrected chi connectivity index (χ2v) is 5.41. The van der Waals surface area contributed by atoms with E-state index < -0.39 is 0 Å². The van der Waals surface area contributed by atoms with E-state index in [1.807, 2.05) is 13.0 Å². The van der Waals surface area contributed by atoms with Gasteiger partial charge in [0, 0.05) is 24.4 Å². The van der Waals surface area contributed by atoms with Gasteiger partial charge in [-0.3, -0.25) is 9.59 Å². The molecule has 0 saturated carbocycles. The van der Waals surface area contributed by atoms with Crippen molar-refractivity contribution in [3.05, 3.63) is 40.9 Å². The Morgan fingerprint density at radius 2 is 2.14 bits per heavy atom. The molecule has 0 saturated heterocycles. The molecule has 110 valence electrons. The van der Waals surface area contributed by atoms with Crippen molar-refractivity contribution in [1.29, 1.82) is 0 Å². The van der Waals surface area contributed by atoms with Crippen LogP contribution in [-0.2, 0) is 4.79 Å². The number of rotatable bonds is 6. The molecule has 0 atom stereocenters. The lowest BCUT2D eigenvalue weighted by Gasteiger charge is -2.08. The number of amides is 1. The van der Waals surface area contributed by atoms with Crippen LogP contribution in [0.4, 0.5) is 5.13 Å². The average Bonchev–Trinajstić information content (AvgIpc) is 2.97. The van der Waals surface area contributed by atoms with Crippen LogP contribution in [0, 0.1) is 6.92 Å². The van der Waals surface area contributed by atoms with E-state index in [2.05, 4.69) is 10.3 Å². The van der Waals surface area contributed by atoms with E-state index in [0.717, 1.165) is 5.56 Å². The Labute approximate surface area is 127 Å². The minimum atomic E-state index is -0.218. The first-order chi connectivity index (χ1) is 10.1. The van der Waals surface area contributed by atoms with Crippen LogP contribution in [0.2, 0.25) is 0 Å². The fourth-order valence-corrected chi connectivity index (χ4v) is 2.41. The zero-order valence-electron chi connectivity index (χ0n) is 11.9. The molecule has 0 spiro atoms. The number of anilines is 1. The first kappa shape index (κ1) is 15.2. The molecule has 1 N–H and O–H groups in total. The fourth-order valence-electron chi connectivity index (χ4n) is 1.87. The number of aromatic nitrogens is 1. The molecule has 0 radical (unpaired) electrons. The Morgan fingerprint density at radius 3 is 2.81 bits per heavy atom. The summed E-state index contributed by atoms with van der Waals surface area (Å²) in [6.07, 6.45) is 1.87. The number of benzene rings is 1. The summed E-state index contributed by atoms with van der Waals surface area (Å²) in [5, 5.41) is 4.97. The van der Waals surface area contributed by atoms with Crippen molar-refractivity contribution < 1.29 is 14.3 Å². The molecule has 0 fully saturated rings. The van der Waals surface area contributed by atoms with Crippen LogP contribution in [0.15, 0.2) is 29.8 Å². The fraction of sp³-hybridized carbons (Fsp3) is 0.267. The Hall–Kier alpha value is -2.21. The molecule has 5 nitrogen and oxygen atoms in total. The number of methoxy groups -OCH3 is 1. The highest BCUT2D eigenvalue weighted by Crippen LogP contribution is 2.22. The van der Waals surface area contributed by atoms with Crippen molar-refractivity contribution in [2.24, 2.45) is 0 Å². The largest absolute Gasteiger partial charge is 0.496 e. The Bertz CT molecular complexity index is 638. The third kappa shape index (κ3) is 4.13. The van der Waals surface area contributed by atoms with Crippen molar-refractivity contribution in [1.82, 2.24) is 4.98 Å². The topological polar surface area (TPSA) is 68.3 Å². The summed E-state index contributed by atoms with van der Waals surface area (Å²) in [4.78, 5) is 27.9. The monoisotopic (exact) mass is 304 g/mol. The third-order valence-corrected chi connectivity index (χ3v) is 3.60. The number of ether oxygens (including phenoxy) is 1. The highest BCUT2D eigenvalue weighted by atomic mass is 32.1. The van der Waals surface area contributed by atoms with E-state index in [9.17, 15) is 9.59 Å². The van der Waals surface area contributed by atoms with Crippen LogP contribution in [0.1, 0.15) is 28.8 Å². The number of carbonyl (C=O) groups is 2. The maximum absolute atomic E-state index is 12.2. The van der Waals surface area contributed by atoms with Gasteiger partial charge in [-0.2, -0.15) is 0 Å². The van der Waals surface area contributed by atoms with Gasteiger partial charge in [0.2, 0.25) is 5.91 Å². The zero-order chi connectivity index (χ0) is 15.2. The lowest BCUT2D eigenvalue weighted by molar-refractivity contribution is -0.116. The minimum Gasteiger partial charge on any atom is -0.496 e. The number of aryl methyl sites for hydroxylation is 1. The molecule has 2 aromatic rings. The van der Waals surface area contributed by atoms with Gasteiger partial charge in [0.05, 0.1) is 12.7 Å². The summed E-state index contributed by atoms with van der Waals surface area (Å²) < 4.78 is 5.18. The molecule has 2 rings (SSSR count). The molecule has 0 unspecified atom stereocenters. The quantitative estimate of drug-likeness (QED) is 0.833. The molecule has 1 amide bonds. The van der Waals surface area contributed by atoms with Crippen LogP contribution >= 0.6 is 11.3 Å². The summed E-state index contributed by atoms with van der Waals surface area (Å²) in [5.41, 5.74) is 1.49. The molecule has 0 aliphatic rings. The number of ketones is 1. The SMILES string of the molecule is COc1ccc(C)cc1C(=O)CCC(=O)Nc1nccs1. The first-order valence-electron chi connectivity index (χ1n) is 6.47. The summed E-state index contributed by atoms with van der Waals surface area (Å²) >= 11 is 1.34. The van der Waals surface area contributed by atoms with Crippen molar-refractivity contribution in [3.63, 3.8) is 0 Å². The maximum Gasteiger partial charge on any atom is 0.226 e. The van der Waals surface area contributed by atoms with Crippen molar-refractivity contribution in [2.75, 3.05) is 12.4 Å². The molecular weight excluding hydrogens is 288 g/mol. The van der Waals surface area contributed by atoms with Gasteiger partial charge in [-0.05, 0) is 19.1 Å². The van der Waals surface area contributed by atoms with E-state index in [-0.39, 0.29) is 24.5 Å². The van der Waals surface area contributed by atoms with Crippen molar-refractivity contribution in [2.45, 2.75) is 19.8 Å². The molecule has 0 aliphatic heterocycles. The van der Waals surface area contributed by atoms with E-state index in [0.29, 0.717) is 16.4 Å². The lowest BCUT2D eigenvalue weighted by Crippen LogP contribution is -2.13. The zero-order valence-corrected chi connectivity index (χ0v) is 12.7. The van der Waals surface area contributed by atoms with Crippen LogP contribution in [0.5, 0.6) is 5.75 Å². The minimum absolute atomic E-state index is 0.107. The summed E-state index contributed by atoms with van der Waals surface area (Å²) in [6.45, 7) is 1.91. The van der Waals surface area contributed by atoms with Gasteiger partial charge in [0.25, 0.3) is 0 Å². The van der Waals surface area contributed by atoms with Gasteiger partial charge < -0.3 is 10.1 Å². The Kier molecular flexibility index (Phi) is 5.05. The smallest absolute Gasteiger partial charge is 0.226 e. The number of carbonyl (C=O) groups excluding carboxylic acids is 2. The normalized spacial score (nSPS) is 10.2. The summed E-state index contributed by atoms with van der Waals surface area (Å²) in [7, 11) is 1.52. The third-order valence-electron chi connectivity index (χ3n) is 2.91. The molecule has 0 bridgehead atoms. The predicted molar refractivity (Wildman–Crippen MR) is 82.0 cm³/mol. The predicted octanol–water partition coefficient (Wildman–Crippen LogP) is 3.06. The van der Waals surface area contributed by atoms with E-state index in [4.69, 9.17) is 4.74 Å². The van der Waals surface area contributed by atoms with Crippen LogP contribution in [-0.4, -0.2) is 23.8 Å². The summed E-state index contributed by atoms with van der Waals surface area (Å²) in [5.74, 6) is 0.209. The number of hydrogen-bond donors (Lipinski definition) is 1. The van der Waals surface area contributed by atoms with Gasteiger partial charge in [0.1, 0.15) is 5.75 Å². The number of Topliss-reactive ketones (excluding diaryl/α,β-unsaturated/α-hetero) is 1. The summed E-state index contributed by atoms with van der Waals surface area (Å²) in [6, 6.07) is 5.42. The van der Waals surface area contributed by atoms with Gasteiger partial charge in [-0.25, -0.2) is 4.98 Å². The van der Waals surface area contributed by atoms with Gasteiger partial charge in [-0.15, -0.1) is 11.3 Å². The molecule has 0 aliphatic carbocycles. The highest BCUT2D eigenvalue weighted by Gasteiger charge is 2.14. The average molecular weight is 304 g/mol. The molecular formula is C15H16N2O3S. The van der Waals surface area contributed by atoms with Crippen LogP contribution < -0.4 is 10.1 Å². The van der Waals surface area contributed by atoms with Gasteiger partial charge >= 0.3 is 0 Å². The molecule has 21 heavy (non-hydrogen) atoms. The number of hydrogen-bond acceptors (Lipinski definition) is 5. The molecule has 1 aromatic heterocycles. The van der Waals surface area contributed by atoms with E-state index in [1.54, 1.807) is 23.7 Å². The molecule has 1 heterocycles. The highest BCUT2D eigenvalue weighted by molar-refractivity contribution is 7.13.